The number of pyridine rings is 1. The van der Waals surface area contributed by atoms with Gasteiger partial charge in [-0.3, -0.25) is 4.98 Å². The lowest BCUT2D eigenvalue weighted by Crippen LogP contribution is -2.47. The molecule has 1 aromatic rings. The monoisotopic (exact) mass is 337 g/mol. The highest BCUT2D eigenvalue weighted by molar-refractivity contribution is 9.10. The number of nitrogens with zero attached hydrogens (tertiary/aromatic N) is 2. The highest BCUT2D eigenvalue weighted by Gasteiger charge is 2.40. The smallest absolute Gasteiger partial charge is 0.0410 e. The Morgan fingerprint density at radius 2 is 2.05 bits per heavy atom. The van der Waals surface area contributed by atoms with Crippen LogP contribution in [0.2, 0.25) is 0 Å². The Kier molecular flexibility index (Phi) is 4.43. The second kappa shape index (κ2) is 6.12. The number of fused-ring (bicyclic) bond motifs is 2. The molecule has 0 radical (unpaired) electrons. The molecule has 0 aliphatic carbocycles. The molecule has 110 valence electrons. The molecule has 4 heteroatoms. The maximum atomic E-state index is 4.29. The summed E-state index contributed by atoms with van der Waals surface area (Å²) in [6, 6.07) is 4.40. The van der Waals surface area contributed by atoms with Gasteiger partial charge in [0.25, 0.3) is 0 Å². The zero-order chi connectivity index (χ0) is 14.1. The molecule has 1 aromatic heterocycles. The predicted molar refractivity (Wildman–Crippen MR) is 85.8 cm³/mol. The first-order valence-electron chi connectivity index (χ1n) is 7.66. The molecule has 0 aromatic carbocycles. The van der Waals surface area contributed by atoms with Crippen LogP contribution in [-0.4, -0.2) is 42.1 Å². The van der Waals surface area contributed by atoms with Crippen molar-refractivity contribution in [2.75, 3.05) is 14.1 Å². The average Bonchev–Trinajstić information content (AvgIpc) is 2.66. The molecular weight excluding hydrogens is 314 g/mol. The zero-order valence-electron chi connectivity index (χ0n) is 12.3. The fourth-order valence-electron chi connectivity index (χ4n) is 4.11. The van der Waals surface area contributed by atoms with Crippen LogP contribution in [0.4, 0.5) is 0 Å². The molecule has 3 unspecified atom stereocenters. The van der Waals surface area contributed by atoms with Gasteiger partial charge in [0.15, 0.2) is 0 Å². The summed E-state index contributed by atoms with van der Waals surface area (Å²) >= 11 is 3.52. The van der Waals surface area contributed by atoms with Gasteiger partial charge in [-0.1, -0.05) is 0 Å². The maximum absolute atomic E-state index is 4.29. The van der Waals surface area contributed by atoms with Crippen molar-refractivity contribution < 1.29 is 0 Å². The second-order valence-electron chi connectivity index (χ2n) is 6.39. The molecule has 2 fully saturated rings. The predicted octanol–water partition coefficient (Wildman–Crippen LogP) is 2.85. The molecule has 1 N–H and O–H groups in total. The van der Waals surface area contributed by atoms with Crippen LogP contribution < -0.4 is 5.32 Å². The number of hydrogen-bond donors (Lipinski definition) is 1. The van der Waals surface area contributed by atoms with Crippen molar-refractivity contribution in [2.24, 2.45) is 5.92 Å². The second-order valence-corrected chi connectivity index (χ2v) is 7.31. The van der Waals surface area contributed by atoms with Gasteiger partial charge in [0, 0.05) is 35.0 Å². The molecular formula is C16H24BrN3. The molecule has 3 nitrogen and oxygen atoms in total. The summed E-state index contributed by atoms with van der Waals surface area (Å²) in [6.45, 7) is 0. The summed E-state index contributed by atoms with van der Waals surface area (Å²) in [4.78, 5) is 6.90. The Balaban J connectivity index is 1.68. The van der Waals surface area contributed by atoms with Crippen LogP contribution in [0, 0.1) is 5.92 Å². The molecule has 3 heterocycles. The van der Waals surface area contributed by atoms with Gasteiger partial charge in [-0.25, -0.2) is 0 Å². The van der Waals surface area contributed by atoms with E-state index in [9.17, 15) is 0 Å². The third kappa shape index (κ3) is 2.92. The standard InChI is InChI=1S/C16H24BrN3/c1-18-16(6-11-5-13(17)10-19-9-11)12-7-14-3-4-15(8-12)20(14)2/h5,9-10,12,14-16,18H,3-4,6-8H2,1-2H3. The largest absolute Gasteiger partial charge is 0.316 e. The number of rotatable bonds is 4. The highest BCUT2D eigenvalue weighted by atomic mass is 79.9. The summed E-state index contributed by atoms with van der Waals surface area (Å²) < 4.78 is 1.08. The van der Waals surface area contributed by atoms with E-state index < -0.39 is 0 Å². The third-order valence-corrected chi connectivity index (χ3v) is 5.73. The normalized spacial score (nSPS) is 31.4. The summed E-state index contributed by atoms with van der Waals surface area (Å²) in [5.74, 6) is 0.799. The zero-order valence-corrected chi connectivity index (χ0v) is 13.9. The molecule has 20 heavy (non-hydrogen) atoms. The number of nitrogens with one attached hydrogen (secondary N) is 1. The van der Waals surface area contributed by atoms with E-state index in [1.807, 2.05) is 12.4 Å². The molecule has 3 rings (SSSR count). The van der Waals surface area contributed by atoms with E-state index in [0.717, 1.165) is 28.9 Å². The maximum Gasteiger partial charge on any atom is 0.0410 e. The van der Waals surface area contributed by atoms with Gasteiger partial charge in [0.1, 0.15) is 0 Å². The van der Waals surface area contributed by atoms with Crippen LogP contribution in [0.15, 0.2) is 22.9 Å². The molecule has 3 atom stereocenters. The van der Waals surface area contributed by atoms with Crippen LogP contribution in [0.3, 0.4) is 0 Å². The molecule has 0 amide bonds. The Labute approximate surface area is 130 Å². The SMILES string of the molecule is CNC(Cc1cncc(Br)c1)C1CC2CCC(C1)N2C. The van der Waals surface area contributed by atoms with Crippen molar-refractivity contribution in [1.29, 1.82) is 0 Å². The first-order valence-corrected chi connectivity index (χ1v) is 8.45. The summed E-state index contributed by atoms with van der Waals surface area (Å²) in [5, 5.41) is 3.56. The number of likely N-dealkylation sites (N-methyl/N-ethyl adjacent to an activating group) is 1. The van der Waals surface area contributed by atoms with E-state index in [2.05, 4.69) is 51.3 Å². The Morgan fingerprint density at radius 3 is 2.65 bits per heavy atom. The van der Waals surface area contributed by atoms with Crippen LogP contribution in [0.1, 0.15) is 31.2 Å². The Morgan fingerprint density at radius 1 is 1.35 bits per heavy atom. The van der Waals surface area contributed by atoms with Gasteiger partial charge in [-0.05, 0) is 79.7 Å². The molecule has 2 aliphatic rings. The fourth-order valence-corrected chi connectivity index (χ4v) is 4.52. The van der Waals surface area contributed by atoms with Gasteiger partial charge >= 0.3 is 0 Å². The van der Waals surface area contributed by atoms with Crippen LogP contribution in [0.5, 0.6) is 0 Å². The van der Waals surface area contributed by atoms with Gasteiger partial charge in [-0.15, -0.1) is 0 Å². The van der Waals surface area contributed by atoms with Crippen molar-refractivity contribution in [3.63, 3.8) is 0 Å². The quantitative estimate of drug-likeness (QED) is 0.915. The first-order chi connectivity index (χ1) is 9.67. The van der Waals surface area contributed by atoms with E-state index in [0.29, 0.717) is 6.04 Å². The van der Waals surface area contributed by atoms with Gasteiger partial charge in [0.2, 0.25) is 0 Å². The minimum Gasteiger partial charge on any atom is -0.316 e. The Bertz CT molecular complexity index is 451. The van der Waals surface area contributed by atoms with E-state index in [1.165, 1.54) is 31.2 Å². The van der Waals surface area contributed by atoms with Crippen molar-refractivity contribution >= 4 is 15.9 Å². The summed E-state index contributed by atoms with van der Waals surface area (Å²) in [7, 11) is 4.42. The van der Waals surface area contributed by atoms with Crippen molar-refractivity contribution in [2.45, 2.75) is 50.2 Å². The van der Waals surface area contributed by atoms with Crippen LogP contribution in [-0.2, 0) is 6.42 Å². The van der Waals surface area contributed by atoms with Crippen molar-refractivity contribution in [3.8, 4) is 0 Å². The first kappa shape index (κ1) is 14.5. The topological polar surface area (TPSA) is 28.2 Å². The summed E-state index contributed by atoms with van der Waals surface area (Å²) in [5.41, 5.74) is 1.32. The molecule has 0 saturated carbocycles. The average molecular weight is 338 g/mol. The van der Waals surface area contributed by atoms with Crippen LogP contribution >= 0.6 is 15.9 Å². The lowest BCUT2D eigenvalue weighted by molar-refractivity contribution is 0.114. The third-order valence-electron chi connectivity index (χ3n) is 5.29. The lowest BCUT2D eigenvalue weighted by atomic mass is 9.83. The molecule has 2 saturated heterocycles. The van der Waals surface area contributed by atoms with Gasteiger partial charge in [-0.2, -0.15) is 0 Å². The van der Waals surface area contributed by atoms with Crippen molar-refractivity contribution in [3.05, 3.63) is 28.5 Å². The molecule has 0 spiro atoms. The van der Waals surface area contributed by atoms with Gasteiger partial charge < -0.3 is 10.2 Å². The van der Waals surface area contributed by atoms with E-state index in [-0.39, 0.29) is 0 Å². The van der Waals surface area contributed by atoms with Crippen LogP contribution in [0.25, 0.3) is 0 Å². The number of piperidine rings is 1. The van der Waals surface area contributed by atoms with Gasteiger partial charge in [0.05, 0.1) is 0 Å². The Hall–Kier alpha value is -0.450. The highest BCUT2D eigenvalue weighted by Crippen LogP contribution is 2.39. The number of aromatic nitrogens is 1. The van der Waals surface area contributed by atoms with E-state index >= 15 is 0 Å². The summed E-state index contributed by atoms with van der Waals surface area (Å²) in [6.07, 6.45) is 10.4. The van der Waals surface area contributed by atoms with Crippen molar-refractivity contribution in [1.82, 2.24) is 15.2 Å². The minimum atomic E-state index is 0.572. The lowest BCUT2D eigenvalue weighted by Gasteiger charge is -2.40. The minimum absolute atomic E-state index is 0.572. The molecule has 2 bridgehead atoms. The fraction of sp³-hybridized carbons (Fsp3) is 0.688. The van der Waals surface area contributed by atoms with E-state index in [1.54, 1.807) is 0 Å². The van der Waals surface area contributed by atoms with E-state index in [4.69, 9.17) is 0 Å². The number of halogens is 1. The number of hydrogen-bond acceptors (Lipinski definition) is 3. The molecule has 2 aliphatic heterocycles.